The van der Waals surface area contributed by atoms with Gasteiger partial charge in [-0.1, -0.05) is 0 Å². The van der Waals surface area contributed by atoms with Crippen LogP contribution in [0.4, 0.5) is 28.9 Å². The number of hydrogen-bond acceptors (Lipinski definition) is 3. The molecule has 16 heavy (non-hydrogen) atoms. The molecule has 0 saturated carbocycles. The van der Waals surface area contributed by atoms with Crippen LogP contribution in [-0.2, 0) is 0 Å². The molecule has 90 valence electrons. The van der Waals surface area contributed by atoms with Crippen LogP contribution in [-0.4, -0.2) is 24.2 Å². The van der Waals surface area contributed by atoms with Gasteiger partial charge in [0.1, 0.15) is 6.10 Å². The van der Waals surface area contributed by atoms with Gasteiger partial charge in [0.25, 0.3) is 6.43 Å². The van der Waals surface area contributed by atoms with Gasteiger partial charge in [0.05, 0.1) is 11.4 Å². The third-order valence-electron chi connectivity index (χ3n) is 1.91. The Bertz CT molecular complexity index is 373. The van der Waals surface area contributed by atoms with Gasteiger partial charge in [0, 0.05) is 6.54 Å². The van der Waals surface area contributed by atoms with E-state index in [-0.39, 0.29) is 5.69 Å². The number of aliphatic hydroxyl groups is 1. The van der Waals surface area contributed by atoms with E-state index in [1.807, 2.05) is 0 Å². The molecule has 1 aromatic carbocycles. The van der Waals surface area contributed by atoms with Crippen LogP contribution in [0.15, 0.2) is 12.1 Å². The summed E-state index contributed by atoms with van der Waals surface area (Å²) in [7, 11) is 0. The van der Waals surface area contributed by atoms with E-state index in [9.17, 15) is 17.6 Å². The highest BCUT2D eigenvalue weighted by molar-refractivity contribution is 5.66. The number of rotatable bonds is 4. The highest BCUT2D eigenvalue weighted by Gasteiger charge is 2.18. The fourth-order valence-electron chi connectivity index (χ4n) is 1.04. The standard InChI is InChI=1S/C9H10F4N2O/c10-4-1-2-5(14)8(7(4)11)15-3-6(16)9(12)13/h1-2,6,9,15-16H,3,14H2. The van der Waals surface area contributed by atoms with Crippen LogP contribution < -0.4 is 11.1 Å². The van der Waals surface area contributed by atoms with Crippen molar-refractivity contribution in [1.29, 1.82) is 0 Å². The lowest BCUT2D eigenvalue weighted by molar-refractivity contribution is 0.00381. The monoisotopic (exact) mass is 238 g/mol. The molecular weight excluding hydrogens is 228 g/mol. The second-order valence-corrected chi connectivity index (χ2v) is 3.11. The van der Waals surface area contributed by atoms with Crippen LogP contribution in [0.3, 0.4) is 0 Å². The van der Waals surface area contributed by atoms with Crippen molar-refractivity contribution in [3.05, 3.63) is 23.8 Å². The lowest BCUT2D eigenvalue weighted by Gasteiger charge is -2.14. The number of anilines is 2. The first-order chi connectivity index (χ1) is 7.43. The topological polar surface area (TPSA) is 58.3 Å². The van der Waals surface area contributed by atoms with E-state index in [4.69, 9.17) is 10.8 Å². The maximum absolute atomic E-state index is 13.1. The predicted molar refractivity (Wildman–Crippen MR) is 51.3 cm³/mol. The molecule has 0 amide bonds. The summed E-state index contributed by atoms with van der Waals surface area (Å²) in [6.45, 7) is -0.623. The van der Waals surface area contributed by atoms with Crippen molar-refractivity contribution in [3.8, 4) is 0 Å². The van der Waals surface area contributed by atoms with Gasteiger partial charge in [0.2, 0.25) is 0 Å². The third-order valence-corrected chi connectivity index (χ3v) is 1.91. The van der Waals surface area contributed by atoms with Crippen molar-refractivity contribution >= 4 is 11.4 Å². The van der Waals surface area contributed by atoms with Gasteiger partial charge in [-0.3, -0.25) is 0 Å². The summed E-state index contributed by atoms with van der Waals surface area (Å²) >= 11 is 0. The molecule has 0 aliphatic carbocycles. The van der Waals surface area contributed by atoms with Crippen molar-refractivity contribution in [2.75, 3.05) is 17.6 Å². The van der Waals surface area contributed by atoms with Crippen LogP contribution in [0, 0.1) is 11.6 Å². The summed E-state index contributed by atoms with van der Waals surface area (Å²) in [5, 5.41) is 10.9. The van der Waals surface area contributed by atoms with Gasteiger partial charge in [-0.2, -0.15) is 0 Å². The predicted octanol–water partition coefficient (Wildman–Crippen LogP) is 1.58. The maximum atomic E-state index is 13.1. The largest absolute Gasteiger partial charge is 0.397 e. The molecule has 0 aromatic heterocycles. The third kappa shape index (κ3) is 2.75. The van der Waals surface area contributed by atoms with E-state index >= 15 is 0 Å². The van der Waals surface area contributed by atoms with Gasteiger partial charge < -0.3 is 16.2 Å². The minimum atomic E-state index is -2.97. The Morgan fingerprint density at radius 1 is 1.31 bits per heavy atom. The number of hydrogen-bond donors (Lipinski definition) is 3. The molecule has 1 rings (SSSR count). The molecule has 1 aromatic rings. The Kier molecular flexibility index (Phi) is 3.94. The fourth-order valence-corrected chi connectivity index (χ4v) is 1.04. The van der Waals surface area contributed by atoms with E-state index < -0.39 is 36.4 Å². The van der Waals surface area contributed by atoms with Crippen molar-refractivity contribution in [1.82, 2.24) is 0 Å². The molecule has 3 nitrogen and oxygen atoms in total. The second kappa shape index (κ2) is 5.02. The molecule has 0 radical (unpaired) electrons. The average Bonchev–Trinajstić information content (AvgIpc) is 2.23. The Morgan fingerprint density at radius 2 is 1.94 bits per heavy atom. The zero-order chi connectivity index (χ0) is 12.3. The molecule has 0 aliphatic heterocycles. The molecule has 0 fully saturated rings. The van der Waals surface area contributed by atoms with Gasteiger partial charge in [0.15, 0.2) is 11.6 Å². The van der Waals surface area contributed by atoms with Crippen LogP contribution in [0.5, 0.6) is 0 Å². The van der Waals surface area contributed by atoms with E-state index in [2.05, 4.69) is 5.32 Å². The number of halogens is 4. The highest BCUT2D eigenvalue weighted by atomic mass is 19.3. The molecule has 7 heteroatoms. The fraction of sp³-hybridized carbons (Fsp3) is 0.333. The molecular formula is C9H10F4N2O. The molecule has 1 atom stereocenters. The summed E-state index contributed by atoms with van der Waals surface area (Å²) in [4.78, 5) is 0. The van der Waals surface area contributed by atoms with Crippen LogP contribution >= 0.6 is 0 Å². The molecule has 0 saturated heterocycles. The zero-order valence-corrected chi connectivity index (χ0v) is 8.05. The van der Waals surface area contributed by atoms with Crippen molar-refractivity contribution in [3.63, 3.8) is 0 Å². The second-order valence-electron chi connectivity index (χ2n) is 3.11. The first kappa shape index (κ1) is 12.6. The molecule has 4 N–H and O–H groups in total. The number of alkyl halides is 2. The van der Waals surface area contributed by atoms with Crippen molar-refractivity contribution < 1.29 is 22.7 Å². The van der Waals surface area contributed by atoms with Crippen molar-refractivity contribution in [2.45, 2.75) is 12.5 Å². The molecule has 0 bridgehead atoms. The quantitative estimate of drug-likeness (QED) is 0.551. The number of aliphatic hydroxyl groups excluding tert-OH is 1. The zero-order valence-electron chi connectivity index (χ0n) is 8.05. The summed E-state index contributed by atoms with van der Waals surface area (Å²) in [5.41, 5.74) is 4.76. The molecule has 0 heterocycles. The lowest BCUT2D eigenvalue weighted by Crippen LogP contribution is -2.27. The minimum absolute atomic E-state index is 0.125. The SMILES string of the molecule is Nc1ccc(F)c(F)c1NCC(O)C(F)F. The van der Waals surface area contributed by atoms with Crippen LogP contribution in [0.25, 0.3) is 0 Å². The lowest BCUT2D eigenvalue weighted by atomic mass is 10.2. The van der Waals surface area contributed by atoms with Crippen LogP contribution in [0.1, 0.15) is 0 Å². The summed E-state index contributed by atoms with van der Waals surface area (Å²) in [5.74, 6) is -2.41. The van der Waals surface area contributed by atoms with E-state index in [1.165, 1.54) is 0 Å². The number of nitrogen functional groups attached to an aromatic ring is 1. The summed E-state index contributed by atoms with van der Waals surface area (Å²) in [6, 6.07) is 1.91. The Morgan fingerprint density at radius 3 is 2.50 bits per heavy atom. The first-order valence-electron chi connectivity index (χ1n) is 4.37. The first-order valence-corrected chi connectivity index (χ1v) is 4.37. The molecule has 0 spiro atoms. The minimum Gasteiger partial charge on any atom is -0.397 e. The molecule has 0 aliphatic rings. The van der Waals surface area contributed by atoms with E-state index in [0.29, 0.717) is 0 Å². The number of nitrogens with two attached hydrogens (primary N) is 1. The maximum Gasteiger partial charge on any atom is 0.265 e. The normalized spacial score (nSPS) is 12.9. The Hall–Kier alpha value is -1.50. The smallest absolute Gasteiger partial charge is 0.265 e. The van der Waals surface area contributed by atoms with Crippen molar-refractivity contribution in [2.24, 2.45) is 0 Å². The number of nitrogens with one attached hydrogen (secondary N) is 1. The summed E-state index contributed by atoms with van der Waals surface area (Å²) in [6.07, 6.45) is -4.94. The molecule has 1 unspecified atom stereocenters. The average molecular weight is 238 g/mol. The van der Waals surface area contributed by atoms with E-state index in [1.54, 1.807) is 0 Å². The van der Waals surface area contributed by atoms with Gasteiger partial charge in [-0.25, -0.2) is 17.6 Å². The van der Waals surface area contributed by atoms with Crippen LogP contribution in [0.2, 0.25) is 0 Å². The van der Waals surface area contributed by atoms with Gasteiger partial charge >= 0.3 is 0 Å². The Labute approximate surface area is 88.9 Å². The van der Waals surface area contributed by atoms with Gasteiger partial charge in [-0.15, -0.1) is 0 Å². The Balaban J connectivity index is 2.77. The van der Waals surface area contributed by atoms with E-state index in [0.717, 1.165) is 12.1 Å². The highest BCUT2D eigenvalue weighted by Crippen LogP contribution is 2.24. The summed E-state index contributed by atoms with van der Waals surface area (Å²) < 4.78 is 49.7. The number of benzene rings is 1. The van der Waals surface area contributed by atoms with Gasteiger partial charge in [-0.05, 0) is 12.1 Å².